The van der Waals surface area contributed by atoms with E-state index in [1.807, 2.05) is 4.90 Å². The van der Waals surface area contributed by atoms with Crippen LogP contribution in [-0.2, 0) is 0 Å². The molecule has 138 valence electrons. The van der Waals surface area contributed by atoms with Crippen LogP contribution in [0.4, 0.5) is 19.5 Å². The maximum absolute atomic E-state index is 13.9. The van der Waals surface area contributed by atoms with Crippen molar-refractivity contribution in [3.8, 4) is 0 Å². The molecule has 26 heavy (non-hydrogen) atoms. The van der Waals surface area contributed by atoms with Crippen LogP contribution in [0.15, 0.2) is 36.7 Å². The van der Waals surface area contributed by atoms with E-state index in [0.29, 0.717) is 25.6 Å². The highest BCUT2D eigenvalue weighted by molar-refractivity contribution is 5.74. The van der Waals surface area contributed by atoms with Crippen LogP contribution in [0.25, 0.3) is 0 Å². The third kappa shape index (κ3) is 4.25. The molecule has 0 aliphatic carbocycles. The first-order chi connectivity index (χ1) is 12.5. The number of nitrogens with zero attached hydrogens (tertiary/aromatic N) is 4. The van der Waals surface area contributed by atoms with Gasteiger partial charge in [-0.3, -0.25) is 0 Å². The van der Waals surface area contributed by atoms with Gasteiger partial charge < -0.3 is 15.1 Å². The average molecular weight is 361 g/mol. The Morgan fingerprint density at radius 1 is 1.15 bits per heavy atom. The molecule has 1 fully saturated rings. The van der Waals surface area contributed by atoms with Gasteiger partial charge in [0.15, 0.2) is 0 Å². The molecule has 0 bridgehead atoms. The third-order valence-corrected chi connectivity index (χ3v) is 4.39. The van der Waals surface area contributed by atoms with E-state index in [1.165, 1.54) is 12.1 Å². The minimum atomic E-state index is -0.666. The summed E-state index contributed by atoms with van der Waals surface area (Å²) in [6.07, 6.45) is 4.16. The Morgan fingerprint density at radius 2 is 1.92 bits per heavy atom. The number of urea groups is 1. The summed E-state index contributed by atoms with van der Waals surface area (Å²) in [5.74, 6) is -0.655. The number of hydrogen-bond acceptors (Lipinski definition) is 4. The third-order valence-electron chi connectivity index (χ3n) is 4.39. The topological polar surface area (TPSA) is 61.4 Å². The van der Waals surface area contributed by atoms with Crippen LogP contribution in [0.1, 0.15) is 24.9 Å². The lowest BCUT2D eigenvalue weighted by Gasteiger charge is -2.24. The summed E-state index contributed by atoms with van der Waals surface area (Å²) in [5.41, 5.74) is 0.258. The summed E-state index contributed by atoms with van der Waals surface area (Å²) in [6, 6.07) is 4.30. The van der Waals surface area contributed by atoms with Gasteiger partial charge in [0.2, 0.25) is 5.95 Å². The van der Waals surface area contributed by atoms with E-state index in [-0.39, 0.29) is 11.6 Å². The van der Waals surface area contributed by atoms with Gasteiger partial charge in [0, 0.05) is 50.2 Å². The number of rotatable bonds is 3. The lowest BCUT2D eigenvalue weighted by atomic mass is 10.1. The molecular weight excluding hydrogens is 340 g/mol. The molecule has 0 saturated carbocycles. The monoisotopic (exact) mass is 361 g/mol. The number of aromatic nitrogens is 2. The Bertz CT molecular complexity index is 759. The van der Waals surface area contributed by atoms with Gasteiger partial charge in [-0.05, 0) is 25.5 Å². The molecule has 6 nitrogen and oxygen atoms in total. The van der Waals surface area contributed by atoms with Crippen molar-refractivity contribution >= 4 is 12.0 Å². The van der Waals surface area contributed by atoms with E-state index in [2.05, 4.69) is 15.3 Å². The van der Waals surface area contributed by atoms with Crippen molar-refractivity contribution in [2.45, 2.75) is 19.4 Å². The second kappa shape index (κ2) is 8.07. The van der Waals surface area contributed by atoms with E-state index in [9.17, 15) is 13.6 Å². The predicted octanol–water partition coefficient (Wildman–Crippen LogP) is 2.74. The number of carbonyl (C=O) groups excluding carboxylic acids is 1. The number of nitrogens with one attached hydrogen (secondary N) is 1. The molecule has 2 amide bonds. The Labute approximate surface area is 150 Å². The number of carbonyl (C=O) groups is 1. The standard InChI is InChI=1S/C18H21F2N5O/c1-13(15-5-4-14(19)12-16(15)20)23-18(26)25-9-3-8-24(10-11-25)17-21-6-2-7-22-17/h2,4-7,12-13H,3,8-11H2,1H3,(H,23,26). The minimum Gasteiger partial charge on any atom is -0.339 e. The van der Waals surface area contributed by atoms with Crippen molar-refractivity contribution in [2.75, 3.05) is 31.1 Å². The summed E-state index contributed by atoms with van der Waals surface area (Å²) in [7, 11) is 0. The number of hydrogen-bond donors (Lipinski definition) is 1. The Morgan fingerprint density at radius 3 is 2.65 bits per heavy atom. The predicted molar refractivity (Wildman–Crippen MR) is 93.7 cm³/mol. The van der Waals surface area contributed by atoms with Crippen LogP contribution >= 0.6 is 0 Å². The zero-order valence-corrected chi connectivity index (χ0v) is 14.5. The van der Waals surface area contributed by atoms with E-state index >= 15 is 0 Å². The molecule has 2 aromatic rings. The highest BCUT2D eigenvalue weighted by atomic mass is 19.1. The molecule has 3 rings (SSSR count). The second-order valence-electron chi connectivity index (χ2n) is 6.21. The fourth-order valence-electron chi connectivity index (χ4n) is 2.98. The quantitative estimate of drug-likeness (QED) is 0.913. The van der Waals surface area contributed by atoms with Gasteiger partial charge in [-0.25, -0.2) is 23.5 Å². The number of halogens is 2. The van der Waals surface area contributed by atoms with Crippen LogP contribution in [0, 0.1) is 11.6 Å². The summed E-state index contributed by atoms with van der Waals surface area (Å²) < 4.78 is 26.9. The molecule has 1 aliphatic heterocycles. The van der Waals surface area contributed by atoms with E-state index in [4.69, 9.17) is 0 Å². The van der Waals surface area contributed by atoms with Gasteiger partial charge in [-0.2, -0.15) is 0 Å². The molecule has 0 spiro atoms. The molecule has 0 radical (unpaired) electrons. The van der Waals surface area contributed by atoms with Gasteiger partial charge in [0.05, 0.1) is 6.04 Å². The van der Waals surface area contributed by atoms with Gasteiger partial charge in [-0.1, -0.05) is 6.07 Å². The molecule has 2 heterocycles. The van der Waals surface area contributed by atoms with Crippen LogP contribution < -0.4 is 10.2 Å². The van der Waals surface area contributed by atoms with Crippen LogP contribution in [0.5, 0.6) is 0 Å². The first kappa shape index (κ1) is 18.0. The van der Waals surface area contributed by atoms with Crippen LogP contribution in [0.3, 0.4) is 0 Å². The summed E-state index contributed by atoms with van der Waals surface area (Å²) in [5, 5.41) is 2.78. The van der Waals surface area contributed by atoms with E-state index < -0.39 is 17.7 Å². The minimum absolute atomic E-state index is 0.258. The second-order valence-corrected chi connectivity index (χ2v) is 6.21. The smallest absolute Gasteiger partial charge is 0.317 e. The van der Waals surface area contributed by atoms with Crippen molar-refractivity contribution < 1.29 is 13.6 Å². The normalized spacial score (nSPS) is 16.1. The molecule has 1 aromatic carbocycles. The molecule has 1 N–H and O–H groups in total. The van der Waals surface area contributed by atoms with Crippen LogP contribution in [-0.4, -0.2) is 47.1 Å². The first-order valence-corrected chi connectivity index (χ1v) is 8.57. The summed E-state index contributed by atoms with van der Waals surface area (Å²) in [6.45, 7) is 4.17. The van der Waals surface area contributed by atoms with E-state index in [0.717, 1.165) is 19.0 Å². The Balaban J connectivity index is 1.59. The highest BCUT2D eigenvalue weighted by Gasteiger charge is 2.22. The molecule has 1 atom stereocenters. The van der Waals surface area contributed by atoms with Crippen molar-refractivity contribution in [1.82, 2.24) is 20.2 Å². The van der Waals surface area contributed by atoms with Crippen molar-refractivity contribution in [2.24, 2.45) is 0 Å². The lowest BCUT2D eigenvalue weighted by Crippen LogP contribution is -2.43. The largest absolute Gasteiger partial charge is 0.339 e. The van der Waals surface area contributed by atoms with Gasteiger partial charge in [-0.15, -0.1) is 0 Å². The Hall–Kier alpha value is -2.77. The Kier molecular flexibility index (Phi) is 5.60. The molecule has 1 saturated heterocycles. The SMILES string of the molecule is CC(NC(=O)N1CCCN(c2ncccn2)CC1)c1ccc(F)cc1F. The number of anilines is 1. The van der Waals surface area contributed by atoms with Crippen molar-refractivity contribution in [3.05, 3.63) is 53.9 Å². The van der Waals surface area contributed by atoms with Gasteiger partial charge >= 0.3 is 6.03 Å². The molecule has 1 unspecified atom stereocenters. The van der Waals surface area contributed by atoms with Crippen molar-refractivity contribution in [1.29, 1.82) is 0 Å². The fraction of sp³-hybridized carbons (Fsp3) is 0.389. The molecule has 8 heteroatoms. The van der Waals surface area contributed by atoms with Crippen molar-refractivity contribution in [3.63, 3.8) is 0 Å². The van der Waals surface area contributed by atoms with Gasteiger partial charge in [0.1, 0.15) is 11.6 Å². The summed E-state index contributed by atoms with van der Waals surface area (Å²) >= 11 is 0. The molecule has 1 aliphatic rings. The lowest BCUT2D eigenvalue weighted by molar-refractivity contribution is 0.198. The fourth-order valence-corrected chi connectivity index (χ4v) is 2.98. The maximum Gasteiger partial charge on any atom is 0.317 e. The number of amides is 2. The van der Waals surface area contributed by atoms with Gasteiger partial charge in [0.25, 0.3) is 0 Å². The molecule has 1 aromatic heterocycles. The first-order valence-electron chi connectivity index (χ1n) is 8.57. The van der Waals surface area contributed by atoms with Crippen LogP contribution in [0.2, 0.25) is 0 Å². The number of benzene rings is 1. The molecular formula is C18H21F2N5O. The zero-order valence-electron chi connectivity index (χ0n) is 14.5. The zero-order chi connectivity index (χ0) is 18.5. The average Bonchev–Trinajstić information content (AvgIpc) is 2.88. The highest BCUT2D eigenvalue weighted by Crippen LogP contribution is 2.18. The maximum atomic E-state index is 13.9. The van der Waals surface area contributed by atoms with E-state index in [1.54, 1.807) is 30.3 Å². The summed E-state index contributed by atoms with van der Waals surface area (Å²) in [4.78, 5) is 24.7.